The zero-order chi connectivity index (χ0) is 18.1. The number of hydroxylamine groups is 1. The van der Waals surface area contributed by atoms with Crippen molar-refractivity contribution in [1.82, 2.24) is 5.48 Å². The first-order valence-electron chi connectivity index (χ1n) is 7.30. The van der Waals surface area contributed by atoms with E-state index in [0.29, 0.717) is 30.9 Å². The van der Waals surface area contributed by atoms with Crippen LogP contribution in [0.4, 0.5) is 22.0 Å². The molecule has 5 nitrogen and oxygen atoms in total. The van der Waals surface area contributed by atoms with E-state index in [1.54, 1.807) is 6.08 Å². The van der Waals surface area contributed by atoms with Gasteiger partial charge >= 0.3 is 12.8 Å². The second-order valence-electron chi connectivity index (χ2n) is 5.57. The van der Waals surface area contributed by atoms with E-state index in [4.69, 9.17) is 9.57 Å². The number of hydrogen-bond acceptors (Lipinski definition) is 5. The van der Waals surface area contributed by atoms with Gasteiger partial charge in [0.05, 0.1) is 12.3 Å². The van der Waals surface area contributed by atoms with Crippen LogP contribution in [-0.4, -0.2) is 38.2 Å². The first-order chi connectivity index (χ1) is 11.8. The SMILES string of the molecule is FC(F)Oc1ccc(C2=CC3(CCOC3)ON2)cc1OCC(F)(F)F. The lowest BCUT2D eigenvalue weighted by Gasteiger charge is -2.15. The Bertz CT molecular complexity index is 656. The van der Waals surface area contributed by atoms with Crippen LogP contribution in [0.5, 0.6) is 11.5 Å². The zero-order valence-corrected chi connectivity index (χ0v) is 12.7. The topological polar surface area (TPSA) is 49.0 Å². The van der Waals surface area contributed by atoms with Crippen molar-refractivity contribution in [2.45, 2.75) is 24.8 Å². The molecule has 0 saturated carbocycles. The molecule has 1 fully saturated rings. The number of ether oxygens (including phenoxy) is 3. The van der Waals surface area contributed by atoms with Crippen molar-refractivity contribution in [2.24, 2.45) is 0 Å². The Balaban J connectivity index is 1.85. The Morgan fingerprint density at radius 2 is 2.04 bits per heavy atom. The summed E-state index contributed by atoms with van der Waals surface area (Å²) in [5, 5.41) is 0. The van der Waals surface area contributed by atoms with Crippen molar-refractivity contribution in [2.75, 3.05) is 19.8 Å². The number of nitrogens with one attached hydrogen (secondary N) is 1. The van der Waals surface area contributed by atoms with Gasteiger partial charge in [0.25, 0.3) is 0 Å². The predicted octanol–water partition coefficient (Wildman–Crippen LogP) is 3.26. The number of hydrogen-bond donors (Lipinski definition) is 1. The molecule has 3 rings (SSSR count). The molecule has 2 aliphatic heterocycles. The molecule has 1 spiro atoms. The molecule has 0 amide bonds. The highest BCUT2D eigenvalue weighted by Crippen LogP contribution is 2.37. The third kappa shape index (κ3) is 4.31. The van der Waals surface area contributed by atoms with Crippen molar-refractivity contribution >= 4 is 5.70 Å². The second kappa shape index (κ2) is 6.68. The molecular weight excluding hydrogens is 353 g/mol. The fourth-order valence-corrected chi connectivity index (χ4v) is 2.52. The van der Waals surface area contributed by atoms with Gasteiger partial charge in [-0.2, -0.15) is 22.0 Å². The Morgan fingerprint density at radius 1 is 1.24 bits per heavy atom. The van der Waals surface area contributed by atoms with Crippen LogP contribution < -0.4 is 15.0 Å². The number of benzene rings is 1. The molecule has 138 valence electrons. The largest absolute Gasteiger partial charge is 0.480 e. The van der Waals surface area contributed by atoms with Crippen molar-refractivity contribution in [1.29, 1.82) is 0 Å². The second-order valence-corrected chi connectivity index (χ2v) is 5.57. The zero-order valence-electron chi connectivity index (χ0n) is 12.7. The van der Waals surface area contributed by atoms with Gasteiger partial charge in [-0.05, 0) is 24.3 Å². The molecule has 0 bridgehead atoms. The molecule has 0 aromatic heterocycles. The lowest BCUT2D eigenvalue weighted by atomic mass is 10.0. The van der Waals surface area contributed by atoms with E-state index < -0.39 is 36.5 Å². The Kier molecular flexibility index (Phi) is 4.74. The quantitative estimate of drug-likeness (QED) is 0.810. The summed E-state index contributed by atoms with van der Waals surface area (Å²) in [4.78, 5) is 5.48. The molecular formula is C15H14F5NO4. The summed E-state index contributed by atoms with van der Waals surface area (Å²) in [7, 11) is 0. The minimum Gasteiger partial charge on any atom is -0.480 e. The number of rotatable bonds is 5. The van der Waals surface area contributed by atoms with Crippen LogP contribution in [0.3, 0.4) is 0 Å². The van der Waals surface area contributed by atoms with Gasteiger partial charge in [-0.15, -0.1) is 0 Å². The maximum atomic E-state index is 12.4. The van der Waals surface area contributed by atoms with Crippen molar-refractivity contribution in [3.8, 4) is 11.5 Å². The van der Waals surface area contributed by atoms with Crippen LogP contribution in [-0.2, 0) is 9.57 Å². The Morgan fingerprint density at radius 3 is 2.68 bits per heavy atom. The van der Waals surface area contributed by atoms with Gasteiger partial charge in [0.1, 0.15) is 5.60 Å². The monoisotopic (exact) mass is 367 g/mol. The molecule has 2 heterocycles. The lowest BCUT2D eigenvalue weighted by molar-refractivity contribution is -0.154. The van der Waals surface area contributed by atoms with Gasteiger partial charge < -0.3 is 14.2 Å². The number of halogens is 5. The normalized spacial score (nSPS) is 23.0. The molecule has 0 radical (unpaired) electrons. The summed E-state index contributed by atoms with van der Waals surface area (Å²) >= 11 is 0. The van der Waals surface area contributed by atoms with Crippen LogP contribution >= 0.6 is 0 Å². The first kappa shape index (κ1) is 17.7. The molecule has 0 aliphatic carbocycles. The maximum Gasteiger partial charge on any atom is 0.422 e. The third-order valence-electron chi connectivity index (χ3n) is 3.65. The van der Waals surface area contributed by atoms with E-state index in [1.165, 1.54) is 12.1 Å². The van der Waals surface area contributed by atoms with Gasteiger partial charge in [-0.1, -0.05) is 0 Å². The van der Waals surface area contributed by atoms with Crippen LogP contribution in [0.2, 0.25) is 0 Å². The molecule has 1 unspecified atom stereocenters. The molecule has 1 N–H and O–H groups in total. The minimum absolute atomic E-state index is 0.341. The lowest BCUT2D eigenvalue weighted by Crippen LogP contribution is -2.29. The van der Waals surface area contributed by atoms with Crippen LogP contribution in [0.25, 0.3) is 5.70 Å². The van der Waals surface area contributed by atoms with Crippen LogP contribution in [0.1, 0.15) is 12.0 Å². The van der Waals surface area contributed by atoms with E-state index in [2.05, 4.69) is 15.0 Å². The van der Waals surface area contributed by atoms with Gasteiger partial charge in [-0.25, -0.2) is 0 Å². The van der Waals surface area contributed by atoms with Crippen molar-refractivity contribution < 1.29 is 41.0 Å². The first-order valence-corrected chi connectivity index (χ1v) is 7.30. The summed E-state index contributed by atoms with van der Waals surface area (Å²) in [6, 6.07) is 3.71. The van der Waals surface area contributed by atoms with Gasteiger partial charge in [0.15, 0.2) is 18.1 Å². The van der Waals surface area contributed by atoms with Crippen molar-refractivity contribution in [3.63, 3.8) is 0 Å². The van der Waals surface area contributed by atoms with Crippen LogP contribution in [0, 0.1) is 0 Å². The van der Waals surface area contributed by atoms with Gasteiger partial charge in [0, 0.05) is 18.6 Å². The maximum absolute atomic E-state index is 12.4. The molecule has 2 aliphatic rings. The van der Waals surface area contributed by atoms with Gasteiger partial charge in [0.2, 0.25) is 0 Å². The molecule has 1 atom stereocenters. The Labute approximate surface area is 139 Å². The Hall–Kier alpha value is -2.07. The van der Waals surface area contributed by atoms with E-state index in [0.717, 1.165) is 6.07 Å². The molecule has 1 aromatic carbocycles. The summed E-state index contributed by atoms with van der Waals surface area (Å²) in [6.07, 6.45) is -2.25. The summed E-state index contributed by atoms with van der Waals surface area (Å²) in [6.45, 7) is -3.96. The summed E-state index contributed by atoms with van der Waals surface area (Å²) < 4.78 is 76.0. The average Bonchev–Trinajstić information content (AvgIpc) is 3.15. The average molecular weight is 367 g/mol. The van der Waals surface area contributed by atoms with E-state index >= 15 is 0 Å². The molecule has 10 heteroatoms. The predicted molar refractivity (Wildman–Crippen MR) is 75.0 cm³/mol. The molecule has 25 heavy (non-hydrogen) atoms. The van der Waals surface area contributed by atoms with E-state index in [9.17, 15) is 22.0 Å². The molecule has 1 saturated heterocycles. The molecule has 1 aromatic rings. The smallest absolute Gasteiger partial charge is 0.422 e. The summed E-state index contributed by atoms with van der Waals surface area (Å²) in [5.74, 6) is -0.928. The van der Waals surface area contributed by atoms with E-state index in [-0.39, 0.29) is 0 Å². The number of alkyl halides is 5. The van der Waals surface area contributed by atoms with E-state index in [1.807, 2.05) is 0 Å². The fourth-order valence-electron chi connectivity index (χ4n) is 2.52. The van der Waals surface area contributed by atoms with Gasteiger partial charge in [-0.3, -0.25) is 10.3 Å². The van der Waals surface area contributed by atoms with Crippen LogP contribution in [0.15, 0.2) is 24.3 Å². The fraction of sp³-hybridized carbons (Fsp3) is 0.467. The highest BCUT2D eigenvalue weighted by atomic mass is 19.4. The highest BCUT2D eigenvalue weighted by molar-refractivity contribution is 5.68. The third-order valence-corrected chi connectivity index (χ3v) is 3.65. The highest BCUT2D eigenvalue weighted by Gasteiger charge is 2.39. The standard InChI is InChI=1S/C15H14F5NO4/c16-13(17)24-11-2-1-9(5-12(11)23-8-15(18,19)20)10-6-14(25-21-10)3-4-22-7-14/h1-2,5-6,13,21H,3-4,7-8H2. The summed E-state index contributed by atoms with van der Waals surface area (Å²) in [5.41, 5.74) is 2.92. The minimum atomic E-state index is -4.61. The van der Waals surface area contributed by atoms with Crippen molar-refractivity contribution in [3.05, 3.63) is 29.8 Å².